The smallest absolute Gasteiger partial charge is 0.255 e. The Bertz CT molecular complexity index is 940. The summed E-state index contributed by atoms with van der Waals surface area (Å²) in [5.41, 5.74) is 6.58. The number of hydrogen-bond acceptors (Lipinski definition) is 8. The summed E-state index contributed by atoms with van der Waals surface area (Å²) in [5.74, 6) is 1.24. The van der Waals surface area contributed by atoms with Crippen molar-refractivity contribution in [1.29, 1.82) is 5.41 Å². The molecule has 4 aliphatic rings. The highest BCUT2D eigenvalue weighted by molar-refractivity contribution is 6.33. The van der Waals surface area contributed by atoms with Gasteiger partial charge < -0.3 is 30.2 Å². The molecule has 0 aliphatic carbocycles. The van der Waals surface area contributed by atoms with Crippen LogP contribution < -0.4 is 15.8 Å². The third-order valence-electron chi connectivity index (χ3n) is 8.09. The number of fused-ring (bicyclic) bond motifs is 3. The Labute approximate surface area is 225 Å². The third kappa shape index (κ3) is 7.28. The largest absolute Gasteiger partial charge is 0.496 e. The number of benzene rings is 1. The molecular formula is C27H42ClN5O4. The summed E-state index contributed by atoms with van der Waals surface area (Å²) >= 11 is 6.14. The van der Waals surface area contributed by atoms with Crippen LogP contribution >= 0.6 is 11.6 Å². The minimum absolute atomic E-state index is 0.0983. The number of likely N-dealkylation sites (tertiary alicyclic amines) is 1. The fourth-order valence-corrected chi connectivity index (χ4v) is 6.00. The average molecular weight is 536 g/mol. The molecule has 0 radical (unpaired) electrons. The van der Waals surface area contributed by atoms with Crippen molar-refractivity contribution in [2.75, 3.05) is 59.2 Å². The summed E-state index contributed by atoms with van der Waals surface area (Å²) in [6, 6.07) is 3.02. The van der Waals surface area contributed by atoms with E-state index >= 15 is 0 Å². The molecule has 4 N–H and O–H groups in total. The first kappa shape index (κ1) is 28.0. The van der Waals surface area contributed by atoms with Gasteiger partial charge in [0.1, 0.15) is 11.9 Å². The zero-order chi connectivity index (χ0) is 26.4. The Morgan fingerprint density at radius 1 is 1.11 bits per heavy atom. The summed E-state index contributed by atoms with van der Waals surface area (Å²) < 4.78 is 17.1. The first-order valence-electron chi connectivity index (χ1n) is 13.5. The normalized spacial score (nSPS) is 27.6. The molecule has 4 fully saturated rings. The number of rotatable bonds is 11. The van der Waals surface area contributed by atoms with Gasteiger partial charge in [-0.3, -0.25) is 15.1 Å². The average Bonchev–Trinajstić information content (AvgIpc) is 2.91. The number of anilines is 1. The summed E-state index contributed by atoms with van der Waals surface area (Å²) in [7, 11) is 3.19. The van der Waals surface area contributed by atoms with Gasteiger partial charge in [-0.2, -0.15) is 0 Å². The maximum Gasteiger partial charge on any atom is 0.255 e. The number of nitrogens with one attached hydrogen (secondary N) is 2. The molecule has 2 unspecified atom stereocenters. The number of piperidine rings is 4. The lowest BCUT2D eigenvalue weighted by atomic mass is 9.86. The molecule has 10 heteroatoms. The van der Waals surface area contributed by atoms with Crippen molar-refractivity contribution in [2.24, 2.45) is 5.92 Å². The molecule has 9 nitrogen and oxygen atoms in total. The van der Waals surface area contributed by atoms with E-state index in [2.05, 4.69) is 15.1 Å². The fraction of sp³-hybridized carbons (Fsp3) is 0.704. The molecule has 1 aromatic rings. The molecule has 0 aromatic heterocycles. The topological polar surface area (TPSA) is 113 Å². The number of carbonyl (C=O) groups is 1. The second-order valence-electron chi connectivity index (χ2n) is 10.5. The number of hydrogen-bond donors (Lipinski definition) is 3. The van der Waals surface area contributed by atoms with Crippen LogP contribution in [0.15, 0.2) is 12.1 Å². The highest BCUT2D eigenvalue weighted by atomic mass is 35.5. The monoisotopic (exact) mass is 535 g/mol. The van der Waals surface area contributed by atoms with Crippen LogP contribution in [0.1, 0.15) is 55.3 Å². The third-order valence-corrected chi connectivity index (χ3v) is 8.42. The van der Waals surface area contributed by atoms with Crippen LogP contribution in [-0.2, 0) is 9.47 Å². The zero-order valence-electron chi connectivity index (χ0n) is 22.1. The van der Waals surface area contributed by atoms with Gasteiger partial charge in [0.25, 0.3) is 5.91 Å². The van der Waals surface area contributed by atoms with Gasteiger partial charge in [0.05, 0.1) is 35.5 Å². The number of halogens is 1. The highest BCUT2D eigenvalue weighted by Gasteiger charge is 2.36. The lowest BCUT2D eigenvalue weighted by molar-refractivity contribution is -0.0166. The van der Waals surface area contributed by atoms with E-state index in [4.69, 9.17) is 37.0 Å². The molecule has 0 spiro atoms. The Balaban J connectivity index is 1.15. The molecular weight excluding hydrogens is 494 g/mol. The summed E-state index contributed by atoms with van der Waals surface area (Å²) in [6.45, 7) is 6.01. The minimum atomic E-state index is -0.248. The van der Waals surface area contributed by atoms with E-state index in [9.17, 15) is 4.79 Å². The van der Waals surface area contributed by atoms with Gasteiger partial charge in [0, 0.05) is 39.2 Å². The van der Waals surface area contributed by atoms with E-state index in [-0.39, 0.29) is 24.2 Å². The number of methoxy groups -OCH3 is 2. The molecule has 3 atom stereocenters. The zero-order valence-corrected chi connectivity index (χ0v) is 22.9. The molecule has 4 heterocycles. The van der Waals surface area contributed by atoms with Gasteiger partial charge in [-0.05, 0) is 63.7 Å². The quantitative estimate of drug-likeness (QED) is 0.172. The van der Waals surface area contributed by atoms with E-state index in [1.807, 2.05) is 0 Å². The number of unbranched alkanes of at least 4 members (excludes halogenated alkanes) is 2. The number of amides is 1. The van der Waals surface area contributed by atoms with Gasteiger partial charge in [-0.25, -0.2) is 0 Å². The number of nitrogens with zero attached hydrogens (tertiary/aromatic N) is 2. The Hall–Kier alpha value is -2.07. The van der Waals surface area contributed by atoms with Crippen LogP contribution in [0.5, 0.6) is 5.75 Å². The summed E-state index contributed by atoms with van der Waals surface area (Å²) in [5, 5.41) is 11.7. The van der Waals surface area contributed by atoms with Gasteiger partial charge in [-0.15, -0.1) is 0 Å². The van der Waals surface area contributed by atoms with Crippen molar-refractivity contribution >= 4 is 29.1 Å². The molecule has 2 bridgehead atoms. The first-order valence-corrected chi connectivity index (χ1v) is 13.9. The predicted molar refractivity (Wildman–Crippen MR) is 146 cm³/mol. The molecule has 4 aliphatic heterocycles. The molecule has 1 aromatic carbocycles. The lowest BCUT2D eigenvalue weighted by Crippen LogP contribution is -2.54. The number of ether oxygens (including phenoxy) is 3. The number of nitrogen functional groups attached to an aromatic ring is 1. The Morgan fingerprint density at radius 2 is 1.89 bits per heavy atom. The second kappa shape index (κ2) is 13.1. The van der Waals surface area contributed by atoms with E-state index in [1.165, 1.54) is 33.0 Å². The van der Waals surface area contributed by atoms with Crippen molar-refractivity contribution in [3.05, 3.63) is 22.7 Å². The van der Waals surface area contributed by atoms with Crippen molar-refractivity contribution in [1.82, 2.24) is 15.1 Å². The van der Waals surface area contributed by atoms with Crippen molar-refractivity contribution in [3.63, 3.8) is 0 Å². The van der Waals surface area contributed by atoms with Gasteiger partial charge >= 0.3 is 0 Å². The van der Waals surface area contributed by atoms with Crippen molar-refractivity contribution in [2.45, 2.75) is 63.2 Å². The summed E-state index contributed by atoms with van der Waals surface area (Å²) in [6.07, 6.45) is 7.18. The highest BCUT2D eigenvalue weighted by Crippen LogP contribution is 2.30. The first-order chi connectivity index (χ1) is 17.9. The van der Waals surface area contributed by atoms with E-state index in [1.54, 1.807) is 19.2 Å². The van der Waals surface area contributed by atoms with Crippen LogP contribution in [-0.4, -0.2) is 93.3 Å². The molecule has 37 heavy (non-hydrogen) atoms. The van der Waals surface area contributed by atoms with Crippen molar-refractivity contribution in [3.8, 4) is 5.75 Å². The maximum absolute atomic E-state index is 13.0. The van der Waals surface area contributed by atoms with Gasteiger partial charge in [-0.1, -0.05) is 18.0 Å². The van der Waals surface area contributed by atoms with Crippen LogP contribution in [0.25, 0.3) is 0 Å². The molecule has 4 saturated heterocycles. The Kier molecular flexibility index (Phi) is 9.92. The molecule has 0 saturated carbocycles. The molecule has 5 rings (SSSR count). The van der Waals surface area contributed by atoms with E-state index in [0.717, 1.165) is 58.3 Å². The van der Waals surface area contributed by atoms with Crippen LogP contribution in [0.2, 0.25) is 5.02 Å². The fourth-order valence-electron chi connectivity index (χ4n) is 5.83. The Morgan fingerprint density at radius 3 is 2.57 bits per heavy atom. The van der Waals surface area contributed by atoms with Crippen LogP contribution in [0, 0.1) is 11.3 Å². The molecule has 206 valence electrons. The number of nitrogens with two attached hydrogens (primary N) is 1. The number of carbonyl (C=O) groups excluding carboxylic acids is 1. The SMILES string of the molecule is COc1cc(N)c(Cl)cc1C(=O)NC1CCN(CCCCCC(=N)O[C@H]2CN3CCC2CC3)CC1OC. The van der Waals surface area contributed by atoms with Crippen LogP contribution in [0.3, 0.4) is 0 Å². The second-order valence-corrected chi connectivity index (χ2v) is 11.0. The summed E-state index contributed by atoms with van der Waals surface area (Å²) in [4.78, 5) is 17.8. The lowest BCUT2D eigenvalue weighted by Gasteiger charge is -2.44. The van der Waals surface area contributed by atoms with Crippen molar-refractivity contribution < 1.29 is 19.0 Å². The van der Waals surface area contributed by atoms with E-state index < -0.39 is 0 Å². The van der Waals surface area contributed by atoms with E-state index in [0.29, 0.717) is 33.8 Å². The predicted octanol–water partition coefficient (Wildman–Crippen LogP) is 3.40. The van der Waals surface area contributed by atoms with Gasteiger partial charge in [0.2, 0.25) is 0 Å². The standard InChI is InChI=1S/C27H42ClN5O4/c1-35-23-15-21(29)20(28)14-19(23)27(34)31-22-9-13-32(17-25(22)36-2)10-5-3-4-6-26(30)37-24-16-33-11-7-18(24)8-12-33/h14-15,18,22,24-25,30H,3-13,16-17,29H2,1-2H3,(H,31,34)/t22?,24-,25?/m0/s1. The van der Waals surface area contributed by atoms with Crippen LogP contribution in [0.4, 0.5) is 5.69 Å². The molecule has 1 amide bonds. The van der Waals surface area contributed by atoms with Gasteiger partial charge in [0.15, 0.2) is 5.90 Å². The minimum Gasteiger partial charge on any atom is -0.496 e. The maximum atomic E-state index is 13.0.